The van der Waals surface area contributed by atoms with Crippen molar-refractivity contribution in [1.29, 1.82) is 5.41 Å². The van der Waals surface area contributed by atoms with Gasteiger partial charge in [-0.05, 0) is 6.92 Å². The molecule has 5 heteroatoms. The lowest BCUT2D eigenvalue weighted by molar-refractivity contribution is 0.0112. The van der Waals surface area contributed by atoms with Crippen molar-refractivity contribution in [3.05, 3.63) is 0 Å². The number of rotatable bonds is 1. The highest BCUT2D eigenvalue weighted by atomic mass is 16.3. The van der Waals surface area contributed by atoms with Gasteiger partial charge in [-0.2, -0.15) is 0 Å². The van der Waals surface area contributed by atoms with Crippen molar-refractivity contribution < 1.29 is 9.90 Å². The standard InChI is InChI=1S/C6H14N2O.CHNO/c1-6(9)8-4-2-7-3-5-8;2-1-3/h6-7,9H,2-5H2,1H3;2H. The molecule has 12 heavy (non-hydrogen) atoms. The molecule has 1 heterocycles. The molecule has 1 rings (SSSR count). The average Bonchev–Trinajstić information content (AvgIpc) is 2.07. The minimum Gasteiger partial charge on any atom is -0.379 e. The van der Waals surface area contributed by atoms with Gasteiger partial charge >= 0.3 is 0 Å². The second-order valence-corrected chi connectivity index (χ2v) is 2.52. The van der Waals surface area contributed by atoms with Crippen LogP contribution in [0.5, 0.6) is 0 Å². The Bertz CT molecular complexity index is 138. The van der Waals surface area contributed by atoms with Gasteiger partial charge in [0.15, 0.2) is 0 Å². The fourth-order valence-corrected chi connectivity index (χ4v) is 1.06. The Hall–Kier alpha value is -0.740. The molecule has 5 nitrogen and oxygen atoms in total. The molecule has 0 aromatic carbocycles. The first-order valence-corrected chi connectivity index (χ1v) is 3.89. The van der Waals surface area contributed by atoms with E-state index in [1.54, 1.807) is 0 Å². The lowest BCUT2D eigenvalue weighted by Crippen LogP contribution is -2.47. The quantitative estimate of drug-likeness (QED) is 0.356. The molecule has 0 amide bonds. The second-order valence-electron chi connectivity index (χ2n) is 2.52. The maximum Gasteiger partial charge on any atom is 0.231 e. The number of nitrogens with zero attached hydrogens (tertiary/aromatic N) is 1. The molecule has 0 spiro atoms. The summed E-state index contributed by atoms with van der Waals surface area (Å²) in [5.74, 6) is 0. The van der Waals surface area contributed by atoms with Crippen molar-refractivity contribution in [2.75, 3.05) is 26.2 Å². The van der Waals surface area contributed by atoms with Crippen LogP contribution >= 0.6 is 0 Å². The van der Waals surface area contributed by atoms with E-state index in [1.807, 2.05) is 6.92 Å². The zero-order chi connectivity index (χ0) is 9.40. The molecule has 1 fully saturated rings. The highest BCUT2D eigenvalue weighted by molar-refractivity contribution is 5.26. The number of nitrogens with one attached hydrogen (secondary N) is 2. The Morgan fingerprint density at radius 2 is 2.00 bits per heavy atom. The summed E-state index contributed by atoms with van der Waals surface area (Å²) in [4.78, 5) is 10.4. The van der Waals surface area contributed by atoms with Gasteiger partial charge in [0.1, 0.15) is 6.23 Å². The summed E-state index contributed by atoms with van der Waals surface area (Å²) in [5, 5.41) is 17.7. The Labute approximate surface area is 71.9 Å². The Morgan fingerprint density at radius 3 is 2.25 bits per heavy atom. The molecule has 0 aromatic rings. The Kier molecular flexibility index (Phi) is 6.51. The van der Waals surface area contributed by atoms with E-state index in [-0.39, 0.29) is 6.23 Å². The zero-order valence-electron chi connectivity index (χ0n) is 7.21. The van der Waals surface area contributed by atoms with E-state index in [2.05, 4.69) is 10.2 Å². The molecule has 0 saturated carbocycles. The SMILES string of the molecule is CC(O)N1CCNCC1.N=C=O. The van der Waals surface area contributed by atoms with Crippen LogP contribution in [0.25, 0.3) is 0 Å². The smallest absolute Gasteiger partial charge is 0.231 e. The monoisotopic (exact) mass is 173 g/mol. The summed E-state index contributed by atoms with van der Waals surface area (Å²) in [6.07, 6.45) is 0.479. The summed E-state index contributed by atoms with van der Waals surface area (Å²) >= 11 is 0. The molecular weight excluding hydrogens is 158 g/mol. The maximum atomic E-state index is 9.08. The summed E-state index contributed by atoms with van der Waals surface area (Å²) in [5.41, 5.74) is 0. The van der Waals surface area contributed by atoms with Crippen LogP contribution in [0.1, 0.15) is 6.92 Å². The van der Waals surface area contributed by atoms with Crippen LogP contribution < -0.4 is 5.32 Å². The van der Waals surface area contributed by atoms with Gasteiger partial charge in [0.25, 0.3) is 0 Å². The number of carbonyl (C=O) groups excluding carboxylic acids is 1. The summed E-state index contributed by atoms with van der Waals surface area (Å²) in [7, 11) is 0. The van der Waals surface area contributed by atoms with Crippen molar-refractivity contribution in [1.82, 2.24) is 10.2 Å². The summed E-state index contributed by atoms with van der Waals surface area (Å²) < 4.78 is 0. The topological polar surface area (TPSA) is 76.4 Å². The lowest BCUT2D eigenvalue weighted by atomic mass is 10.3. The van der Waals surface area contributed by atoms with Gasteiger partial charge in [-0.25, -0.2) is 10.2 Å². The van der Waals surface area contributed by atoms with Crippen LogP contribution in [0, 0.1) is 5.41 Å². The molecule has 1 aliphatic rings. The minimum absolute atomic E-state index is 0.271. The number of piperazine rings is 1. The molecule has 3 N–H and O–H groups in total. The van der Waals surface area contributed by atoms with Gasteiger partial charge < -0.3 is 10.4 Å². The summed E-state index contributed by atoms with van der Waals surface area (Å²) in [6.45, 7) is 5.76. The van der Waals surface area contributed by atoms with E-state index >= 15 is 0 Å². The fraction of sp³-hybridized carbons (Fsp3) is 0.857. The highest BCUT2D eigenvalue weighted by Crippen LogP contribution is 1.95. The second kappa shape index (κ2) is 6.94. The van der Waals surface area contributed by atoms with Gasteiger partial charge in [-0.3, -0.25) is 4.90 Å². The third kappa shape index (κ3) is 4.98. The molecule has 1 saturated heterocycles. The van der Waals surface area contributed by atoms with Crippen molar-refractivity contribution in [2.45, 2.75) is 13.2 Å². The number of aliphatic hydroxyl groups is 1. The van der Waals surface area contributed by atoms with Crippen LogP contribution in [-0.2, 0) is 4.79 Å². The normalized spacial score (nSPS) is 20.2. The van der Waals surface area contributed by atoms with Gasteiger partial charge in [0.05, 0.1) is 0 Å². The molecule has 70 valence electrons. The number of hydrogen-bond acceptors (Lipinski definition) is 5. The van der Waals surface area contributed by atoms with Crippen LogP contribution in [0.15, 0.2) is 0 Å². The van der Waals surface area contributed by atoms with E-state index in [0.717, 1.165) is 32.3 Å². The molecule has 0 aromatic heterocycles. The molecule has 0 aliphatic carbocycles. The minimum atomic E-state index is -0.271. The van der Waals surface area contributed by atoms with Gasteiger partial charge in [0, 0.05) is 26.2 Å². The molecule has 1 atom stereocenters. The Morgan fingerprint density at radius 1 is 1.58 bits per heavy atom. The van der Waals surface area contributed by atoms with Crippen molar-refractivity contribution >= 4 is 6.08 Å². The van der Waals surface area contributed by atoms with E-state index < -0.39 is 0 Å². The number of aliphatic hydroxyl groups excluding tert-OH is 1. The van der Waals surface area contributed by atoms with Crippen molar-refractivity contribution in [2.24, 2.45) is 0 Å². The third-order valence-electron chi connectivity index (χ3n) is 1.68. The number of isocyanates is 1. The van der Waals surface area contributed by atoms with Gasteiger partial charge in [0.2, 0.25) is 6.08 Å². The lowest BCUT2D eigenvalue weighted by Gasteiger charge is -2.29. The molecule has 0 bridgehead atoms. The van der Waals surface area contributed by atoms with E-state index in [0.29, 0.717) is 0 Å². The van der Waals surface area contributed by atoms with E-state index in [9.17, 15) is 0 Å². The molecular formula is C7H15N3O2. The average molecular weight is 173 g/mol. The third-order valence-corrected chi connectivity index (χ3v) is 1.68. The Balaban J connectivity index is 0.000000354. The fourth-order valence-electron chi connectivity index (χ4n) is 1.06. The summed E-state index contributed by atoms with van der Waals surface area (Å²) in [6, 6.07) is 0. The molecule has 1 aliphatic heterocycles. The van der Waals surface area contributed by atoms with E-state index in [1.165, 1.54) is 0 Å². The predicted molar refractivity (Wildman–Crippen MR) is 44.5 cm³/mol. The van der Waals surface area contributed by atoms with Crippen LogP contribution in [-0.4, -0.2) is 48.5 Å². The largest absolute Gasteiger partial charge is 0.379 e. The first-order chi connectivity index (χ1) is 5.72. The zero-order valence-corrected chi connectivity index (χ0v) is 7.21. The highest BCUT2D eigenvalue weighted by Gasteiger charge is 2.12. The predicted octanol–water partition coefficient (Wildman–Crippen LogP) is -0.869. The maximum absolute atomic E-state index is 9.08. The van der Waals surface area contributed by atoms with Crippen LogP contribution in [0.4, 0.5) is 0 Å². The van der Waals surface area contributed by atoms with Gasteiger partial charge in [-0.1, -0.05) is 0 Å². The van der Waals surface area contributed by atoms with Crippen molar-refractivity contribution in [3.63, 3.8) is 0 Å². The first kappa shape index (κ1) is 11.3. The van der Waals surface area contributed by atoms with Crippen molar-refractivity contribution in [3.8, 4) is 0 Å². The number of hydrogen-bond donors (Lipinski definition) is 3. The molecule has 0 radical (unpaired) electrons. The van der Waals surface area contributed by atoms with Crippen LogP contribution in [0.2, 0.25) is 0 Å². The molecule has 1 unspecified atom stereocenters. The van der Waals surface area contributed by atoms with Gasteiger partial charge in [-0.15, -0.1) is 0 Å². The van der Waals surface area contributed by atoms with Crippen LogP contribution in [0.3, 0.4) is 0 Å². The van der Waals surface area contributed by atoms with E-state index in [4.69, 9.17) is 15.3 Å². The first-order valence-electron chi connectivity index (χ1n) is 3.89.